The number of anilines is 2. The molecule has 0 aliphatic carbocycles. The van der Waals surface area contributed by atoms with Gasteiger partial charge in [0.05, 0.1) is 10.6 Å². The number of ether oxygens (including phenoxy) is 1. The van der Waals surface area contributed by atoms with E-state index in [1.54, 1.807) is 41.3 Å². The lowest BCUT2D eigenvalue weighted by molar-refractivity contribution is -0.384. The van der Waals surface area contributed by atoms with E-state index >= 15 is 0 Å². The molecule has 1 saturated heterocycles. The van der Waals surface area contributed by atoms with Crippen LogP contribution in [0.25, 0.3) is 0 Å². The van der Waals surface area contributed by atoms with Crippen LogP contribution in [-0.4, -0.2) is 61.0 Å². The summed E-state index contributed by atoms with van der Waals surface area (Å²) in [6.07, 6.45) is 0. The van der Waals surface area contributed by atoms with Crippen molar-refractivity contribution in [1.82, 2.24) is 4.90 Å². The number of hydrogen-bond acceptors (Lipinski definition) is 6. The van der Waals surface area contributed by atoms with Crippen LogP contribution in [0.4, 0.5) is 17.1 Å². The molecule has 0 radical (unpaired) electrons. The van der Waals surface area contributed by atoms with E-state index in [2.05, 4.69) is 15.9 Å². The smallest absolute Gasteiger partial charge is 0.292 e. The van der Waals surface area contributed by atoms with Crippen LogP contribution in [0.3, 0.4) is 0 Å². The monoisotopic (exact) mass is 474 g/mol. The SMILES string of the molecule is O=C(CN1C(=O)COc2cc(Br)ccc21)N1CCN(c2ccccc2[N+](=O)[O-])CC1. The molecule has 2 aliphatic heterocycles. The van der Waals surface area contributed by atoms with Crippen molar-refractivity contribution in [3.05, 3.63) is 57.1 Å². The summed E-state index contributed by atoms with van der Waals surface area (Å²) in [6, 6.07) is 11.9. The molecule has 156 valence electrons. The van der Waals surface area contributed by atoms with Crippen molar-refractivity contribution in [3.8, 4) is 5.75 Å². The second-order valence-corrected chi connectivity index (χ2v) is 7.91. The third-order valence-corrected chi connectivity index (χ3v) is 5.70. The van der Waals surface area contributed by atoms with Crippen LogP contribution in [0.1, 0.15) is 0 Å². The summed E-state index contributed by atoms with van der Waals surface area (Å²) in [5.41, 5.74) is 1.18. The van der Waals surface area contributed by atoms with Gasteiger partial charge in [0.1, 0.15) is 18.0 Å². The van der Waals surface area contributed by atoms with Gasteiger partial charge in [-0.25, -0.2) is 0 Å². The van der Waals surface area contributed by atoms with Crippen LogP contribution in [0, 0.1) is 10.1 Å². The quantitative estimate of drug-likeness (QED) is 0.498. The molecule has 30 heavy (non-hydrogen) atoms. The highest BCUT2D eigenvalue weighted by molar-refractivity contribution is 9.10. The summed E-state index contributed by atoms with van der Waals surface area (Å²) in [6.45, 7) is 1.64. The van der Waals surface area contributed by atoms with Crippen molar-refractivity contribution < 1.29 is 19.2 Å². The van der Waals surface area contributed by atoms with Gasteiger partial charge in [0, 0.05) is 36.7 Å². The molecule has 0 aromatic heterocycles. The number of halogens is 1. The average molecular weight is 475 g/mol. The van der Waals surface area contributed by atoms with E-state index in [1.807, 2.05) is 4.90 Å². The Morgan fingerprint density at radius 1 is 1.10 bits per heavy atom. The summed E-state index contributed by atoms with van der Waals surface area (Å²) < 4.78 is 6.29. The number of nitro groups is 1. The molecule has 1 fully saturated rings. The molecule has 0 atom stereocenters. The van der Waals surface area contributed by atoms with Crippen LogP contribution in [0.15, 0.2) is 46.9 Å². The first kappa shape index (κ1) is 20.1. The summed E-state index contributed by atoms with van der Waals surface area (Å²) >= 11 is 3.37. The number of nitrogens with zero attached hydrogens (tertiary/aromatic N) is 4. The molecule has 0 spiro atoms. The zero-order valence-corrected chi connectivity index (χ0v) is 17.6. The minimum absolute atomic E-state index is 0.0546. The van der Waals surface area contributed by atoms with Gasteiger partial charge in [-0.2, -0.15) is 0 Å². The van der Waals surface area contributed by atoms with Gasteiger partial charge < -0.3 is 14.5 Å². The van der Waals surface area contributed by atoms with E-state index in [1.165, 1.54) is 11.0 Å². The topological polar surface area (TPSA) is 96.2 Å². The van der Waals surface area contributed by atoms with Crippen LogP contribution in [0.2, 0.25) is 0 Å². The van der Waals surface area contributed by atoms with Gasteiger partial charge in [-0.05, 0) is 24.3 Å². The second kappa shape index (κ2) is 8.31. The lowest BCUT2D eigenvalue weighted by atomic mass is 10.2. The standard InChI is InChI=1S/C20H19BrN4O5/c21-14-5-6-17-18(11-14)30-13-20(27)24(17)12-19(26)23-9-7-22(8-10-23)15-3-1-2-4-16(15)25(28)29/h1-6,11H,7-10,12-13H2. The Morgan fingerprint density at radius 3 is 2.57 bits per heavy atom. The molecular formula is C20H19BrN4O5. The fourth-order valence-corrected chi connectivity index (χ4v) is 4.01. The lowest BCUT2D eigenvalue weighted by Gasteiger charge is -2.37. The Balaban J connectivity index is 1.42. The summed E-state index contributed by atoms with van der Waals surface area (Å²) in [7, 11) is 0. The number of carbonyl (C=O) groups excluding carboxylic acids is 2. The highest BCUT2D eigenvalue weighted by Gasteiger charge is 2.31. The predicted octanol–water partition coefficient (Wildman–Crippen LogP) is 2.43. The maximum atomic E-state index is 12.9. The van der Waals surface area contributed by atoms with E-state index in [0.29, 0.717) is 43.3 Å². The Bertz CT molecular complexity index is 1010. The Morgan fingerprint density at radius 2 is 1.83 bits per heavy atom. The maximum absolute atomic E-state index is 12.9. The second-order valence-electron chi connectivity index (χ2n) is 6.99. The minimum Gasteiger partial charge on any atom is -0.482 e. The van der Waals surface area contributed by atoms with Crippen molar-refractivity contribution in [3.63, 3.8) is 0 Å². The zero-order chi connectivity index (χ0) is 21.3. The normalized spacial score (nSPS) is 16.2. The van der Waals surface area contributed by atoms with Gasteiger partial charge in [-0.1, -0.05) is 28.1 Å². The minimum atomic E-state index is -0.396. The first-order valence-electron chi connectivity index (χ1n) is 9.43. The molecule has 9 nitrogen and oxygen atoms in total. The first-order valence-corrected chi connectivity index (χ1v) is 10.2. The van der Waals surface area contributed by atoms with E-state index in [4.69, 9.17) is 4.74 Å². The molecule has 2 aliphatic rings. The van der Waals surface area contributed by atoms with Crippen molar-refractivity contribution in [1.29, 1.82) is 0 Å². The summed E-state index contributed by atoms with van der Waals surface area (Å²) in [5, 5.41) is 11.3. The molecule has 2 aromatic rings. The molecule has 2 heterocycles. The number of para-hydroxylation sites is 2. The molecule has 0 unspecified atom stereocenters. The molecule has 10 heteroatoms. The lowest BCUT2D eigenvalue weighted by Crippen LogP contribution is -2.53. The van der Waals surface area contributed by atoms with E-state index in [9.17, 15) is 19.7 Å². The van der Waals surface area contributed by atoms with E-state index in [-0.39, 0.29) is 30.7 Å². The third kappa shape index (κ3) is 3.95. The number of carbonyl (C=O) groups is 2. The number of hydrogen-bond donors (Lipinski definition) is 0. The Kier molecular flexibility index (Phi) is 5.58. The van der Waals surface area contributed by atoms with Crippen molar-refractivity contribution >= 4 is 44.8 Å². The molecule has 2 aromatic carbocycles. The fraction of sp³-hybridized carbons (Fsp3) is 0.300. The number of piperazine rings is 1. The number of benzene rings is 2. The molecular weight excluding hydrogens is 456 g/mol. The van der Waals surface area contributed by atoms with Crippen molar-refractivity contribution in [2.24, 2.45) is 0 Å². The summed E-state index contributed by atoms with van der Waals surface area (Å²) in [4.78, 5) is 41.1. The van der Waals surface area contributed by atoms with Crippen LogP contribution in [-0.2, 0) is 9.59 Å². The summed E-state index contributed by atoms with van der Waals surface area (Å²) in [5.74, 6) is 0.121. The van der Waals surface area contributed by atoms with Crippen LogP contribution < -0.4 is 14.5 Å². The highest BCUT2D eigenvalue weighted by Crippen LogP contribution is 2.34. The number of nitro benzene ring substituents is 1. The third-order valence-electron chi connectivity index (χ3n) is 5.21. The van der Waals surface area contributed by atoms with Crippen molar-refractivity contribution in [2.45, 2.75) is 0 Å². The molecule has 2 amide bonds. The number of fused-ring (bicyclic) bond motifs is 1. The first-order chi connectivity index (χ1) is 14.4. The van der Waals surface area contributed by atoms with E-state index < -0.39 is 4.92 Å². The fourth-order valence-electron chi connectivity index (χ4n) is 3.67. The van der Waals surface area contributed by atoms with Gasteiger partial charge in [0.15, 0.2) is 6.61 Å². The maximum Gasteiger partial charge on any atom is 0.292 e. The molecule has 4 rings (SSSR count). The number of rotatable bonds is 4. The van der Waals surface area contributed by atoms with E-state index in [0.717, 1.165) is 4.47 Å². The molecule has 0 saturated carbocycles. The largest absolute Gasteiger partial charge is 0.482 e. The molecule has 0 N–H and O–H groups in total. The zero-order valence-electron chi connectivity index (χ0n) is 16.0. The van der Waals surface area contributed by atoms with Crippen LogP contribution >= 0.6 is 15.9 Å². The van der Waals surface area contributed by atoms with Gasteiger partial charge in [-0.3, -0.25) is 24.6 Å². The Labute approximate surface area is 181 Å². The van der Waals surface area contributed by atoms with Gasteiger partial charge in [0.2, 0.25) is 5.91 Å². The Hall–Kier alpha value is -3.14. The highest BCUT2D eigenvalue weighted by atomic mass is 79.9. The van der Waals surface area contributed by atoms with Gasteiger partial charge in [0.25, 0.3) is 11.6 Å². The van der Waals surface area contributed by atoms with Crippen molar-refractivity contribution in [2.75, 3.05) is 49.1 Å². The predicted molar refractivity (Wildman–Crippen MR) is 114 cm³/mol. The van der Waals surface area contributed by atoms with Gasteiger partial charge in [-0.15, -0.1) is 0 Å². The van der Waals surface area contributed by atoms with Crippen LogP contribution in [0.5, 0.6) is 5.75 Å². The van der Waals surface area contributed by atoms with Gasteiger partial charge >= 0.3 is 0 Å². The average Bonchev–Trinajstić information content (AvgIpc) is 2.75. The molecule has 0 bridgehead atoms. The number of amides is 2.